The van der Waals surface area contributed by atoms with Gasteiger partial charge in [0, 0.05) is 17.7 Å². The molecule has 0 aliphatic heterocycles. The topological polar surface area (TPSA) is 109 Å². The second kappa shape index (κ2) is 6.93. The lowest BCUT2D eigenvalue weighted by Crippen LogP contribution is -1.91. The molecule has 0 bridgehead atoms. The zero-order valence-electron chi connectivity index (χ0n) is 13.7. The number of hydrogen-bond donors (Lipinski definition) is 2. The number of hydrogen-bond acceptors (Lipinski definition) is 6. The van der Waals surface area contributed by atoms with Crippen LogP contribution in [0, 0.1) is 10.1 Å². The SMILES string of the molecule is O=[N+]([O-])c1ccc(-c2ccc(/C=N/Nc3nc4ccccc4[nH]3)o2)c(Cl)c1. The molecule has 8 nitrogen and oxygen atoms in total. The first-order chi connectivity index (χ1) is 13.1. The minimum Gasteiger partial charge on any atom is -0.455 e. The number of fused-ring (bicyclic) bond motifs is 1. The van der Waals surface area contributed by atoms with Crippen LogP contribution < -0.4 is 5.43 Å². The maximum absolute atomic E-state index is 10.8. The molecule has 0 saturated heterocycles. The number of nitro benzene ring substituents is 1. The second-order valence-corrected chi connectivity index (χ2v) is 6.00. The molecule has 2 aromatic heterocycles. The van der Waals surface area contributed by atoms with Crippen LogP contribution in [0.25, 0.3) is 22.4 Å². The van der Waals surface area contributed by atoms with Gasteiger partial charge in [-0.15, -0.1) is 0 Å². The van der Waals surface area contributed by atoms with Crippen molar-refractivity contribution in [2.75, 3.05) is 5.43 Å². The molecule has 0 spiro atoms. The van der Waals surface area contributed by atoms with Crippen molar-refractivity contribution >= 4 is 40.5 Å². The molecule has 4 rings (SSSR count). The number of furan rings is 1. The predicted octanol–water partition coefficient (Wildman–Crippen LogP) is 4.83. The van der Waals surface area contributed by atoms with Gasteiger partial charge in [-0.2, -0.15) is 5.10 Å². The number of rotatable bonds is 5. The van der Waals surface area contributed by atoms with E-state index in [2.05, 4.69) is 20.5 Å². The van der Waals surface area contributed by atoms with Gasteiger partial charge < -0.3 is 9.40 Å². The van der Waals surface area contributed by atoms with Crippen molar-refractivity contribution in [2.24, 2.45) is 5.10 Å². The number of H-pyrrole nitrogens is 1. The molecule has 0 fully saturated rings. The standard InChI is InChI=1S/C18H12ClN5O3/c19-14-9-11(24(25)26)5-7-13(14)17-8-6-12(27-17)10-20-23-18-21-15-3-1-2-4-16(15)22-18/h1-10H,(H2,21,22,23)/b20-10+. The van der Waals surface area contributed by atoms with Gasteiger partial charge in [-0.25, -0.2) is 10.4 Å². The van der Waals surface area contributed by atoms with E-state index in [-0.39, 0.29) is 10.7 Å². The van der Waals surface area contributed by atoms with Crippen molar-refractivity contribution in [3.63, 3.8) is 0 Å². The highest BCUT2D eigenvalue weighted by Gasteiger charge is 2.13. The number of non-ortho nitro benzene ring substituents is 1. The Kier molecular flexibility index (Phi) is 4.31. The Balaban J connectivity index is 1.49. The smallest absolute Gasteiger partial charge is 0.270 e. The Morgan fingerprint density at radius 3 is 2.85 bits per heavy atom. The van der Waals surface area contributed by atoms with Gasteiger partial charge in [0.25, 0.3) is 5.69 Å². The quantitative estimate of drug-likeness (QED) is 0.292. The molecule has 0 radical (unpaired) electrons. The molecule has 0 aliphatic carbocycles. The third-order valence-electron chi connectivity index (χ3n) is 3.81. The van der Waals surface area contributed by atoms with Gasteiger partial charge in [0.15, 0.2) is 0 Å². The Hall–Kier alpha value is -3.65. The summed E-state index contributed by atoms with van der Waals surface area (Å²) in [5.74, 6) is 1.49. The third-order valence-corrected chi connectivity index (χ3v) is 4.12. The minimum atomic E-state index is -0.500. The van der Waals surface area contributed by atoms with E-state index in [4.69, 9.17) is 16.0 Å². The maximum atomic E-state index is 10.8. The van der Waals surface area contributed by atoms with E-state index in [1.165, 1.54) is 18.3 Å². The molecule has 0 aliphatic rings. The van der Waals surface area contributed by atoms with Crippen molar-refractivity contribution < 1.29 is 9.34 Å². The summed E-state index contributed by atoms with van der Waals surface area (Å²) in [4.78, 5) is 17.7. The first-order valence-electron chi connectivity index (χ1n) is 7.88. The van der Waals surface area contributed by atoms with E-state index in [1.807, 2.05) is 24.3 Å². The average molecular weight is 382 g/mol. The Labute approximate surface area is 157 Å². The lowest BCUT2D eigenvalue weighted by molar-refractivity contribution is -0.384. The normalized spacial score (nSPS) is 11.3. The fourth-order valence-electron chi connectivity index (χ4n) is 2.55. The first kappa shape index (κ1) is 16.8. The van der Waals surface area contributed by atoms with Crippen LogP contribution in [0.3, 0.4) is 0 Å². The van der Waals surface area contributed by atoms with Crippen LogP contribution in [0.4, 0.5) is 11.6 Å². The number of anilines is 1. The second-order valence-electron chi connectivity index (χ2n) is 5.60. The largest absolute Gasteiger partial charge is 0.455 e. The molecule has 2 heterocycles. The Morgan fingerprint density at radius 2 is 2.07 bits per heavy atom. The van der Waals surface area contributed by atoms with Gasteiger partial charge in [-0.3, -0.25) is 10.1 Å². The average Bonchev–Trinajstić information content (AvgIpc) is 3.28. The summed E-state index contributed by atoms with van der Waals surface area (Å²) in [6.45, 7) is 0. The highest BCUT2D eigenvalue weighted by Crippen LogP contribution is 2.32. The molecule has 9 heteroatoms. The van der Waals surface area contributed by atoms with Crippen LogP contribution in [0.15, 0.2) is 64.1 Å². The van der Waals surface area contributed by atoms with E-state index in [1.54, 1.807) is 18.2 Å². The van der Waals surface area contributed by atoms with Gasteiger partial charge in [-0.1, -0.05) is 23.7 Å². The Bertz CT molecular complexity index is 1130. The number of hydrazone groups is 1. The van der Waals surface area contributed by atoms with Crippen LogP contribution in [0.5, 0.6) is 0 Å². The summed E-state index contributed by atoms with van der Waals surface area (Å²) in [5.41, 5.74) is 5.03. The van der Waals surface area contributed by atoms with Gasteiger partial charge >= 0.3 is 0 Å². The lowest BCUT2D eigenvalue weighted by atomic mass is 10.1. The molecule has 2 N–H and O–H groups in total. The minimum absolute atomic E-state index is 0.0767. The molecule has 0 atom stereocenters. The van der Waals surface area contributed by atoms with Crippen LogP contribution in [-0.2, 0) is 0 Å². The van der Waals surface area contributed by atoms with Crippen molar-refractivity contribution in [3.8, 4) is 11.3 Å². The van der Waals surface area contributed by atoms with Crippen molar-refractivity contribution in [3.05, 3.63) is 75.5 Å². The van der Waals surface area contributed by atoms with Crippen molar-refractivity contribution in [1.82, 2.24) is 9.97 Å². The fourth-order valence-corrected chi connectivity index (χ4v) is 2.82. The van der Waals surface area contributed by atoms with Crippen LogP contribution in [0.2, 0.25) is 5.02 Å². The number of nitrogens with zero attached hydrogens (tertiary/aromatic N) is 3. The van der Waals surface area contributed by atoms with Crippen LogP contribution >= 0.6 is 11.6 Å². The summed E-state index contributed by atoms with van der Waals surface area (Å²) < 4.78 is 5.67. The highest BCUT2D eigenvalue weighted by molar-refractivity contribution is 6.33. The first-order valence-corrected chi connectivity index (χ1v) is 8.26. The molecule has 2 aromatic carbocycles. The van der Waals surface area contributed by atoms with Gasteiger partial charge in [-0.05, 0) is 30.3 Å². The molecule has 0 unspecified atom stereocenters. The molecule has 0 amide bonds. The summed E-state index contributed by atoms with van der Waals surface area (Å²) in [5, 5.41) is 15.1. The summed E-state index contributed by atoms with van der Waals surface area (Å²) >= 11 is 6.12. The van der Waals surface area contributed by atoms with E-state index >= 15 is 0 Å². The monoisotopic (exact) mass is 381 g/mol. The summed E-state index contributed by atoms with van der Waals surface area (Å²) in [7, 11) is 0. The number of nitrogens with one attached hydrogen (secondary N) is 2. The number of nitro groups is 1. The third kappa shape index (κ3) is 3.51. The van der Waals surface area contributed by atoms with Crippen LogP contribution in [0.1, 0.15) is 5.76 Å². The molecule has 0 saturated carbocycles. The molecule has 134 valence electrons. The molecular formula is C18H12ClN5O3. The summed E-state index contributed by atoms with van der Waals surface area (Å²) in [6, 6.07) is 15.3. The zero-order valence-corrected chi connectivity index (χ0v) is 14.5. The van der Waals surface area contributed by atoms with Gasteiger partial charge in [0.1, 0.15) is 11.5 Å². The number of para-hydroxylation sites is 2. The number of benzene rings is 2. The molecular weight excluding hydrogens is 370 g/mol. The van der Waals surface area contributed by atoms with Crippen molar-refractivity contribution in [2.45, 2.75) is 0 Å². The number of halogens is 1. The van der Waals surface area contributed by atoms with Gasteiger partial charge in [0.2, 0.25) is 5.95 Å². The van der Waals surface area contributed by atoms with Crippen molar-refractivity contribution in [1.29, 1.82) is 0 Å². The Morgan fingerprint density at radius 1 is 1.22 bits per heavy atom. The maximum Gasteiger partial charge on any atom is 0.270 e. The lowest BCUT2D eigenvalue weighted by Gasteiger charge is -2.00. The van der Waals surface area contributed by atoms with E-state index in [0.717, 1.165) is 11.0 Å². The fraction of sp³-hybridized carbons (Fsp3) is 0. The zero-order chi connectivity index (χ0) is 18.8. The van der Waals surface area contributed by atoms with E-state index in [0.29, 0.717) is 23.0 Å². The molecule has 27 heavy (non-hydrogen) atoms. The number of imidazole rings is 1. The number of aromatic amines is 1. The molecule has 4 aromatic rings. The summed E-state index contributed by atoms with van der Waals surface area (Å²) in [6.07, 6.45) is 1.50. The van der Waals surface area contributed by atoms with Crippen LogP contribution in [-0.4, -0.2) is 21.1 Å². The predicted molar refractivity (Wildman–Crippen MR) is 103 cm³/mol. The van der Waals surface area contributed by atoms with E-state index in [9.17, 15) is 10.1 Å². The highest BCUT2D eigenvalue weighted by atomic mass is 35.5. The number of aromatic nitrogens is 2. The van der Waals surface area contributed by atoms with Gasteiger partial charge in [0.05, 0.1) is 27.2 Å². The van der Waals surface area contributed by atoms with E-state index < -0.39 is 4.92 Å².